The summed E-state index contributed by atoms with van der Waals surface area (Å²) in [7, 11) is 0. The van der Waals surface area contributed by atoms with Crippen LogP contribution in [0.25, 0.3) is 0 Å². The smallest absolute Gasteiger partial charge is 0.255 e. The van der Waals surface area contributed by atoms with E-state index < -0.39 is 0 Å². The lowest BCUT2D eigenvalue weighted by molar-refractivity contribution is 0.0804. The van der Waals surface area contributed by atoms with Crippen molar-refractivity contribution in [1.29, 1.82) is 0 Å². The Hall–Kier alpha value is -0.820. The minimum Gasteiger partial charge on any atom is -0.507 e. The molecule has 0 saturated heterocycles. The first-order chi connectivity index (χ1) is 8.95. The van der Waals surface area contributed by atoms with Crippen molar-refractivity contribution in [2.24, 2.45) is 5.92 Å². The molecule has 4 nitrogen and oxygen atoms in total. The first-order valence-electron chi connectivity index (χ1n) is 6.32. The van der Waals surface area contributed by atoms with Gasteiger partial charge in [-0.3, -0.25) is 4.79 Å². The Morgan fingerprint density at radius 3 is 2.74 bits per heavy atom. The average Bonchev–Trinajstić information content (AvgIpc) is 2.36. The van der Waals surface area contributed by atoms with Crippen LogP contribution in [0.5, 0.6) is 5.75 Å². The highest BCUT2D eigenvalue weighted by atomic mass is 127. The van der Waals surface area contributed by atoms with Crippen LogP contribution < -0.4 is 5.32 Å². The van der Waals surface area contributed by atoms with Crippen LogP contribution in [0, 0.1) is 9.49 Å². The highest BCUT2D eigenvalue weighted by Crippen LogP contribution is 2.20. The van der Waals surface area contributed by atoms with Crippen LogP contribution in [0.3, 0.4) is 0 Å². The van der Waals surface area contributed by atoms with E-state index >= 15 is 0 Å². The standard InChI is InChI=1S/C14H20INO3/c1-4-19-8-12(9(2)3)16-14(18)11-7-10(15)5-6-13(11)17/h5-7,9,12,17H,4,8H2,1-3H3,(H,16,18). The zero-order valence-corrected chi connectivity index (χ0v) is 13.6. The summed E-state index contributed by atoms with van der Waals surface area (Å²) in [5.41, 5.74) is 0.300. The maximum absolute atomic E-state index is 12.2. The first kappa shape index (κ1) is 16.2. The van der Waals surface area contributed by atoms with E-state index in [2.05, 4.69) is 27.9 Å². The minimum atomic E-state index is -0.269. The number of carbonyl (C=O) groups is 1. The summed E-state index contributed by atoms with van der Waals surface area (Å²) in [6.07, 6.45) is 0. The third-order valence-electron chi connectivity index (χ3n) is 2.83. The summed E-state index contributed by atoms with van der Waals surface area (Å²) >= 11 is 2.11. The van der Waals surface area contributed by atoms with E-state index in [9.17, 15) is 9.90 Å². The quantitative estimate of drug-likeness (QED) is 0.750. The third-order valence-corrected chi connectivity index (χ3v) is 3.50. The second kappa shape index (κ2) is 7.69. The molecule has 0 radical (unpaired) electrons. The van der Waals surface area contributed by atoms with Gasteiger partial charge in [0.25, 0.3) is 5.91 Å². The van der Waals surface area contributed by atoms with Gasteiger partial charge in [-0.25, -0.2) is 0 Å². The minimum absolute atomic E-state index is 0.00293. The third kappa shape index (κ3) is 4.99. The van der Waals surface area contributed by atoms with Gasteiger partial charge in [0.15, 0.2) is 0 Å². The van der Waals surface area contributed by atoms with Gasteiger partial charge in [-0.2, -0.15) is 0 Å². The van der Waals surface area contributed by atoms with Crippen molar-refractivity contribution in [3.05, 3.63) is 27.3 Å². The Labute approximate surface area is 127 Å². The summed E-state index contributed by atoms with van der Waals surface area (Å²) in [6.45, 7) is 7.07. The molecule has 0 aromatic heterocycles. The molecule has 1 rings (SSSR count). The fraction of sp³-hybridized carbons (Fsp3) is 0.500. The molecule has 19 heavy (non-hydrogen) atoms. The topological polar surface area (TPSA) is 58.6 Å². The second-order valence-electron chi connectivity index (χ2n) is 4.64. The molecule has 0 spiro atoms. The van der Waals surface area contributed by atoms with Crippen LogP contribution in [0.1, 0.15) is 31.1 Å². The summed E-state index contributed by atoms with van der Waals surface area (Å²) < 4.78 is 6.28. The van der Waals surface area contributed by atoms with Crippen molar-refractivity contribution < 1.29 is 14.6 Å². The summed E-state index contributed by atoms with van der Waals surface area (Å²) in [6, 6.07) is 4.89. The number of phenolic OH excluding ortho intramolecular Hbond substituents is 1. The molecule has 0 aliphatic carbocycles. The molecule has 0 fully saturated rings. The molecule has 0 bridgehead atoms. The van der Waals surface area contributed by atoms with Gasteiger partial charge in [0, 0.05) is 10.2 Å². The van der Waals surface area contributed by atoms with E-state index in [0.717, 1.165) is 3.57 Å². The molecule has 1 aromatic rings. The van der Waals surface area contributed by atoms with Crippen molar-refractivity contribution in [2.75, 3.05) is 13.2 Å². The van der Waals surface area contributed by atoms with Crippen molar-refractivity contribution in [3.63, 3.8) is 0 Å². The molecule has 1 unspecified atom stereocenters. The molecule has 0 saturated carbocycles. The average molecular weight is 377 g/mol. The number of rotatable bonds is 6. The molecular weight excluding hydrogens is 357 g/mol. The summed E-state index contributed by atoms with van der Waals surface area (Å²) in [4.78, 5) is 12.2. The number of aromatic hydroxyl groups is 1. The van der Waals surface area contributed by atoms with Gasteiger partial charge in [-0.15, -0.1) is 0 Å². The molecule has 0 aliphatic rings. The maximum atomic E-state index is 12.2. The second-order valence-corrected chi connectivity index (χ2v) is 5.89. The van der Waals surface area contributed by atoms with E-state index in [-0.39, 0.29) is 23.6 Å². The zero-order chi connectivity index (χ0) is 14.4. The van der Waals surface area contributed by atoms with E-state index in [1.807, 2.05) is 20.8 Å². The largest absolute Gasteiger partial charge is 0.507 e. The van der Waals surface area contributed by atoms with Gasteiger partial charge in [0.2, 0.25) is 0 Å². The van der Waals surface area contributed by atoms with E-state index in [0.29, 0.717) is 18.8 Å². The van der Waals surface area contributed by atoms with Crippen LogP contribution in [0.2, 0.25) is 0 Å². The normalized spacial score (nSPS) is 12.5. The van der Waals surface area contributed by atoms with Gasteiger partial charge >= 0.3 is 0 Å². The summed E-state index contributed by atoms with van der Waals surface area (Å²) in [5, 5.41) is 12.6. The Balaban J connectivity index is 2.78. The number of carbonyl (C=O) groups excluding carboxylic acids is 1. The van der Waals surface area contributed by atoms with Gasteiger partial charge in [0.1, 0.15) is 5.75 Å². The number of ether oxygens (including phenoxy) is 1. The molecule has 2 N–H and O–H groups in total. The molecule has 0 aliphatic heterocycles. The Morgan fingerprint density at radius 1 is 1.47 bits per heavy atom. The monoisotopic (exact) mass is 377 g/mol. The molecule has 106 valence electrons. The zero-order valence-electron chi connectivity index (χ0n) is 11.4. The van der Waals surface area contributed by atoms with Crippen molar-refractivity contribution in [3.8, 4) is 5.75 Å². The Kier molecular flexibility index (Phi) is 6.57. The number of hydrogen-bond acceptors (Lipinski definition) is 3. The molecule has 1 aromatic carbocycles. The molecular formula is C14H20INO3. The van der Waals surface area contributed by atoms with E-state index in [4.69, 9.17) is 4.74 Å². The fourth-order valence-electron chi connectivity index (χ4n) is 1.58. The SMILES string of the molecule is CCOCC(NC(=O)c1cc(I)ccc1O)C(C)C. The number of nitrogens with one attached hydrogen (secondary N) is 1. The Bertz CT molecular complexity index is 435. The van der Waals surface area contributed by atoms with Crippen molar-refractivity contribution in [1.82, 2.24) is 5.32 Å². The predicted octanol–water partition coefficient (Wildman–Crippen LogP) is 2.79. The number of halogens is 1. The number of phenols is 1. The van der Waals surface area contributed by atoms with Gasteiger partial charge < -0.3 is 15.2 Å². The van der Waals surface area contributed by atoms with Crippen molar-refractivity contribution >= 4 is 28.5 Å². The van der Waals surface area contributed by atoms with Crippen molar-refractivity contribution in [2.45, 2.75) is 26.8 Å². The molecule has 5 heteroatoms. The fourth-order valence-corrected chi connectivity index (χ4v) is 2.07. The van der Waals surface area contributed by atoms with Crippen LogP contribution in [0.4, 0.5) is 0 Å². The first-order valence-corrected chi connectivity index (χ1v) is 7.40. The number of amides is 1. The van der Waals surface area contributed by atoms with Crippen LogP contribution in [-0.2, 0) is 4.74 Å². The van der Waals surface area contributed by atoms with Gasteiger partial charge in [0.05, 0.1) is 18.2 Å². The summed E-state index contributed by atoms with van der Waals surface area (Å²) in [5.74, 6) is -0.00771. The predicted molar refractivity (Wildman–Crippen MR) is 83.4 cm³/mol. The molecule has 1 atom stereocenters. The molecule has 1 amide bonds. The van der Waals surface area contributed by atoms with Gasteiger partial charge in [-0.1, -0.05) is 13.8 Å². The lowest BCUT2D eigenvalue weighted by Crippen LogP contribution is -2.42. The highest BCUT2D eigenvalue weighted by molar-refractivity contribution is 14.1. The van der Waals surface area contributed by atoms with Gasteiger partial charge in [-0.05, 0) is 53.6 Å². The van der Waals surface area contributed by atoms with Crippen LogP contribution in [0.15, 0.2) is 18.2 Å². The maximum Gasteiger partial charge on any atom is 0.255 e. The Morgan fingerprint density at radius 2 is 2.16 bits per heavy atom. The van der Waals surface area contributed by atoms with Crippen LogP contribution >= 0.6 is 22.6 Å². The van der Waals surface area contributed by atoms with Crippen LogP contribution in [-0.4, -0.2) is 30.3 Å². The van der Waals surface area contributed by atoms with E-state index in [1.54, 1.807) is 12.1 Å². The number of hydrogen-bond donors (Lipinski definition) is 2. The highest BCUT2D eigenvalue weighted by Gasteiger charge is 2.19. The number of benzene rings is 1. The lowest BCUT2D eigenvalue weighted by Gasteiger charge is -2.22. The van der Waals surface area contributed by atoms with E-state index in [1.165, 1.54) is 6.07 Å². The lowest BCUT2D eigenvalue weighted by atomic mass is 10.0. The molecule has 0 heterocycles.